The number of benzene rings is 1. The van der Waals surface area contributed by atoms with Gasteiger partial charge in [-0.3, -0.25) is 4.90 Å². The molecular formula is C16H23FN2S. The lowest BCUT2D eigenvalue weighted by atomic mass is 10.1. The number of thiocarbonyl (C=S) groups is 1. The fraction of sp³-hybridized carbons (Fsp3) is 0.562. The lowest BCUT2D eigenvalue weighted by Gasteiger charge is -2.27. The SMILES string of the molecule is CN(Cc1ccc(F)c(C(N)=S)c1)C1CCCCCC1. The quantitative estimate of drug-likeness (QED) is 0.679. The van der Waals surface area contributed by atoms with E-state index in [-0.39, 0.29) is 10.8 Å². The van der Waals surface area contributed by atoms with Crippen molar-refractivity contribution >= 4 is 17.2 Å². The molecule has 1 aromatic carbocycles. The van der Waals surface area contributed by atoms with Gasteiger partial charge in [0.2, 0.25) is 0 Å². The summed E-state index contributed by atoms with van der Waals surface area (Å²) in [5, 5.41) is 0. The van der Waals surface area contributed by atoms with Gasteiger partial charge < -0.3 is 5.73 Å². The minimum Gasteiger partial charge on any atom is -0.389 e. The van der Waals surface area contributed by atoms with Crippen LogP contribution in [0.4, 0.5) is 4.39 Å². The summed E-state index contributed by atoms with van der Waals surface area (Å²) >= 11 is 4.89. The molecule has 20 heavy (non-hydrogen) atoms. The smallest absolute Gasteiger partial charge is 0.133 e. The van der Waals surface area contributed by atoms with Crippen molar-refractivity contribution in [1.82, 2.24) is 4.90 Å². The Morgan fingerprint density at radius 1 is 1.30 bits per heavy atom. The average Bonchev–Trinajstić information content (AvgIpc) is 2.69. The predicted molar refractivity (Wildman–Crippen MR) is 85.2 cm³/mol. The molecule has 2 nitrogen and oxygen atoms in total. The van der Waals surface area contributed by atoms with Crippen LogP contribution in [0.2, 0.25) is 0 Å². The number of nitrogens with two attached hydrogens (primary N) is 1. The minimum atomic E-state index is -0.335. The highest BCUT2D eigenvalue weighted by atomic mass is 32.1. The van der Waals surface area contributed by atoms with Crippen LogP contribution in [0.1, 0.15) is 49.7 Å². The van der Waals surface area contributed by atoms with Crippen molar-refractivity contribution in [2.75, 3.05) is 7.05 Å². The van der Waals surface area contributed by atoms with Crippen LogP contribution >= 0.6 is 12.2 Å². The predicted octanol–water partition coefficient (Wildman–Crippen LogP) is 3.61. The van der Waals surface area contributed by atoms with Crippen LogP contribution in [0.15, 0.2) is 18.2 Å². The van der Waals surface area contributed by atoms with Crippen LogP contribution in [-0.2, 0) is 6.54 Å². The first-order valence-electron chi connectivity index (χ1n) is 7.36. The molecule has 1 aliphatic rings. The second kappa shape index (κ2) is 7.14. The van der Waals surface area contributed by atoms with Crippen molar-refractivity contribution in [3.63, 3.8) is 0 Å². The van der Waals surface area contributed by atoms with E-state index < -0.39 is 0 Å². The zero-order chi connectivity index (χ0) is 14.5. The minimum absolute atomic E-state index is 0.126. The van der Waals surface area contributed by atoms with Gasteiger partial charge in [0.15, 0.2) is 0 Å². The van der Waals surface area contributed by atoms with Crippen LogP contribution in [0, 0.1) is 5.82 Å². The highest BCUT2D eigenvalue weighted by molar-refractivity contribution is 7.80. The van der Waals surface area contributed by atoms with Gasteiger partial charge in [0.1, 0.15) is 10.8 Å². The van der Waals surface area contributed by atoms with Crippen LogP contribution in [0.25, 0.3) is 0 Å². The highest BCUT2D eigenvalue weighted by Gasteiger charge is 2.17. The standard InChI is InChI=1S/C16H23FN2S/c1-19(13-6-4-2-3-5-7-13)11-12-8-9-15(17)14(10-12)16(18)20/h8-10,13H,2-7,11H2,1H3,(H2,18,20). The molecule has 0 saturated heterocycles. The Balaban J connectivity index is 2.05. The monoisotopic (exact) mass is 294 g/mol. The summed E-state index contributed by atoms with van der Waals surface area (Å²) in [6, 6.07) is 5.70. The second-order valence-corrected chi connectivity index (χ2v) is 6.18. The molecule has 110 valence electrons. The molecule has 2 rings (SSSR count). The maximum Gasteiger partial charge on any atom is 0.133 e. The van der Waals surface area contributed by atoms with Crippen molar-refractivity contribution < 1.29 is 4.39 Å². The van der Waals surface area contributed by atoms with Crippen molar-refractivity contribution in [3.8, 4) is 0 Å². The van der Waals surface area contributed by atoms with E-state index in [9.17, 15) is 4.39 Å². The molecule has 0 spiro atoms. The first kappa shape index (κ1) is 15.4. The van der Waals surface area contributed by atoms with E-state index in [1.165, 1.54) is 44.6 Å². The zero-order valence-corrected chi connectivity index (χ0v) is 12.9. The Kier molecular flexibility index (Phi) is 5.49. The molecule has 0 radical (unpaired) electrons. The Morgan fingerprint density at radius 3 is 2.55 bits per heavy atom. The molecule has 0 aromatic heterocycles. The average molecular weight is 294 g/mol. The summed E-state index contributed by atoms with van der Waals surface area (Å²) in [6.45, 7) is 0.820. The van der Waals surface area contributed by atoms with Gasteiger partial charge in [-0.15, -0.1) is 0 Å². The molecule has 1 aromatic rings. The van der Waals surface area contributed by atoms with E-state index in [4.69, 9.17) is 18.0 Å². The molecule has 1 aliphatic carbocycles. The third-order valence-electron chi connectivity index (χ3n) is 4.18. The van der Waals surface area contributed by atoms with Crippen molar-refractivity contribution in [1.29, 1.82) is 0 Å². The maximum absolute atomic E-state index is 13.6. The van der Waals surface area contributed by atoms with Gasteiger partial charge in [-0.25, -0.2) is 4.39 Å². The number of halogens is 1. The molecular weight excluding hydrogens is 271 g/mol. The highest BCUT2D eigenvalue weighted by Crippen LogP contribution is 2.22. The van der Waals surface area contributed by atoms with E-state index >= 15 is 0 Å². The molecule has 1 saturated carbocycles. The number of hydrogen-bond donors (Lipinski definition) is 1. The van der Waals surface area contributed by atoms with Gasteiger partial charge >= 0.3 is 0 Å². The molecule has 0 unspecified atom stereocenters. The molecule has 0 atom stereocenters. The zero-order valence-electron chi connectivity index (χ0n) is 12.1. The van der Waals surface area contributed by atoms with E-state index in [0.29, 0.717) is 11.6 Å². The lowest BCUT2D eigenvalue weighted by molar-refractivity contribution is 0.213. The fourth-order valence-electron chi connectivity index (χ4n) is 2.98. The molecule has 0 heterocycles. The molecule has 0 amide bonds. The summed E-state index contributed by atoms with van der Waals surface area (Å²) in [5.41, 5.74) is 6.98. The number of rotatable bonds is 4. The molecule has 2 N–H and O–H groups in total. The van der Waals surface area contributed by atoms with E-state index in [2.05, 4.69) is 11.9 Å². The van der Waals surface area contributed by atoms with Gasteiger partial charge in [0.05, 0.1) is 0 Å². The molecule has 4 heteroatoms. The van der Waals surface area contributed by atoms with E-state index in [0.717, 1.165) is 12.1 Å². The van der Waals surface area contributed by atoms with Gasteiger partial charge in [0.25, 0.3) is 0 Å². The summed E-state index contributed by atoms with van der Waals surface area (Å²) in [6.07, 6.45) is 7.87. The largest absolute Gasteiger partial charge is 0.389 e. The Bertz CT molecular complexity index is 468. The summed E-state index contributed by atoms with van der Waals surface area (Å²) in [4.78, 5) is 2.50. The van der Waals surface area contributed by atoms with Crippen LogP contribution in [0.3, 0.4) is 0 Å². The summed E-state index contributed by atoms with van der Waals surface area (Å²) < 4.78 is 13.6. The Morgan fingerprint density at radius 2 is 1.95 bits per heavy atom. The fourth-order valence-corrected chi connectivity index (χ4v) is 3.13. The molecule has 1 fully saturated rings. The third kappa shape index (κ3) is 4.00. The van der Waals surface area contributed by atoms with Crippen molar-refractivity contribution in [2.45, 2.75) is 51.1 Å². The Hall–Kier alpha value is -1.00. The summed E-state index contributed by atoms with van der Waals surface area (Å²) in [5.74, 6) is -0.335. The van der Waals surface area contributed by atoms with Crippen LogP contribution in [-0.4, -0.2) is 23.0 Å². The lowest BCUT2D eigenvalue weighted by Crippen LogP contribution is -2.30. The van der Waals surface area contributed by atoms with Gasteiger partial charge in [-0.2, -0.15) is 0 Å². The van der Waals surface area contributed by atoms with E-state index in [1.807, 2.05) is 6.07 Å². The van der Waals surface area contributed by atoms with Crippen molar-refractivity contribution in [2.24, 2.45) is 5.73 Å². The maximum atomic E-state index is 13.6. The Labute approximate surface area is 126 Å². The van der Waals surface area contributed by atoms with Crippen molar-refractivity contribution in [3.05, 3.63) is 35.1 Å². The number of nitrogens with zero attached hydrogens (tertiary/aromatic N) is 1. The first-order valence-corrected chi connectivity index (χ1v) is 7.77. The molecule has 0 aliphatic heterocycles. The van der Waals surface area contributed by atoms with Crippen LogP contribution < -0.4 is 5.73 Å². The topological polar surface area (TPSA) is 29.3 Å². The van der Waals surface area contributed by atoms with Crippen LogP contribution in [0.5, 0.6) is 0 Å². The third-order valence-corrected chi connectivity index (χ3v) is 4.40. The van der Waals surface area contributed by atoms with E-state index in [1.54, 1.807) is 6.07 Å². The first-order chi connectivity index (χ1) is 9.58. The van der Waals surface area contributed by atoms with Gasteiger partial charge in [-0.05, 0) is 37.6 Å². The second-order valence-electron chi connectivity index (χ2n) is 5.74. The normalized spacial score (nSPS) is 17.1. The van der Waals surface area contributed by atoms with Gasteiger partial charge in [0, 0.05) is 18.2 Å². The van der Waals surface area contributed by atoms with Gasteiger partial charge in [-0.1, -0.05) is 44.0 Å². The summed E-state index contributed by atoms with van der Waals surface area (Å²) in [7, 11) is 2.15. The molecule has 0 bridgehead atoms. The number of hydrogen-bond acceptors (Lipinski definition) is 2.